The zero-order chi connectivity index (χ0) is 96.2. The summed E-state index contributed by atoms with van der Waals surface area (Å²) >= 11 is 1.23. The third kappa shape index (κ3) is 16.9. The number of oxazole rings is 6. The second-order valence-electron chi connectivity index (χ2n) is 36.8. The highest BCUT2D eigenvalue weighted by Crippen LogP contribution is 2.40. The lowest BCUT2D eigenvalue weighted by atomic mass is 9.95. The minimum absolute atomic E-state index is 0.540. The van der Waals surface area contributed by atoms with Crippen molar-refractivity contribution < 1.29 is 26.5 Å². The van der Waals surface area contributed by atoms with Crippen molar-refractivity contribution in [3.05, 3.63) is 471 Å². The predicted octanol–water partition coefficient (Wildman–Crippen LogP) is 26.9. The van der Waals surface area contributed by atoms with E-state index in [4.69, 9.17) is 65.2 Å². The van der Waals surface area contributed by atoms with Crippen molar-refractivity contribution in [3.63, 3.8) is 0 Å². The molecular formula is C126H90N8O6SSi2. The van der Waals surface area contributed by atoms with Crippen molar-refractivity contribution in [1.29, 1.82) is 0 Å². The number of benzene rings is 17. The van der Waals surface area contributed by atoms with Crippen molar-refractivity contribution >= 4 is 80.4 Å². The molecule has 0 atom stereocenters. The molecule has 7 aromatic heterocycles. The minimum Gasteiger partial charge on any atom is -0.436 e. The second kappa shape index (κ2) is 37.2. The van der Waals surface area contributed by atoms with E-state index in [1.165, 1.54) is 55.5 Å². The zero-order valence-corrected chi connectivity index (χ0v) is 81.8. The first-order valence-corrected chi connectivity index (χ1v) is 52.4. The standard InChI is InChI=1S/C126H90N8O6SSi2/c1-79-7-19-91(20-8-79)113-73-127-121(135-113)97-43-59-105(60-44-97)142(106-61-45-98(46-62-106)122-128-74-114(136-122)92-21-9-80(2)10-22-92,107-63-47-99(48-64-107)123-129-75-115(137-123)93-23-11-81(3)12-24-93)103-55-39-87(40-56-103)85-31-35-89(36-32-85)111-71-72-112(120-119(111)133-141-134-120)90-37-33-86(34-38-90)88-41-57-104(58-42-88)143(108-65-49-100(50-66-108)124-130-76-116(138-124)94-25-13-82(4)14-26-94,109-67-51-101(52-68-109)125-131-77-117(139-125)95-27-15-83(5)16-28-95)110-69-53-102(54-70-110)126-132-78-118(140-126)96-29-17-84(6)18-30-96/h7-78H,1-6H3. The van der Waals surface area contributed by atoms with Gasteiger partial charge >= 0.3 is 0 Å². The molecule has 24 rings (SSSR count). The van der Waals surface area contributed by atoms with Gasteiger partial charge in [-0.2, -0.15) is 8.75 Å². The number of hydrogen-bond donors (Lipinski definition) is 0. The Morgan fingerprint density at radius 3 is 0.462 bits per heavy atom. The number of rotatable bonds is 24. The lowest BCUT2D eigenvalue weighted by molar-refractivity contribution is 0.588. The normalized spacial score (nSPS) is 11.7. The number of aromatic nitrogens is 8. The molecule has 0 radical (unpaired) electrons. The van der Waals surface area contributed by atoms with Crippen LogP contribution in [0.4, 0.5) is 0 Å². The number of aryl methyl sites for hydroxylation is 6. The SMILES string of the molecule is Cc1ccc(-c2cnc(-c3ccc([Si](c4ccc(-c5ccc(-c6ccc(-c7ccc(-c8ccc([Si](c9ccc(-c%10ncc(-c%11ccc(C)cc%11)o%10)cc9)(c9ccc(-c%10ncc(-c%11ccc(C)cc%11)o%10)cc9)c9ccc(-c%10ncc(-c%11ccc(C)cc%11)o%10)cc9)cc8)cc7)c7nsnc67)cc5)cc4)(c4ccc(-c5ncc(-c6ccc(C)cc6)o5)cc4)c4ccc(-c5ncc(-c6ccc(C)cc6)o5)cc4)cc3)o2)cc1. The molecule has 0 saturated carbocycles. The fraction of sp³-hybridized carbons (Fsp3) is 0.0476. The molecule has 0 N–H and O–H groups in total. The van der Waals surface area contributed by atoms with Gasteiger partial charge in [0.1, 0.15) is 11.0 Å². The molecule has 24 aromatic rings. The molecule has 0 fully saturated rings. The maximum atomic E-state index is 6.53. The lowest BCUT2D eigenvalue weighted by Crippen LogP contribution is -2.74. The predicted molar refractivity (Wildman–Crippen MR) is 580 cm³/mol. The monoisotopic (exact) mass is 1900 g/mol. The molecule has 0 amide bonds. The average Bonchev–Trinajstić information content (AvgIpc) is 1.10. The van der Waals surface area contributed by atoms with Crippen molar-refractivity contribution in [3.8, 4) is 181 Å². The van der Waals surface area contributed by atoms with Gasteiger partial charge in [-0.25, -0.2) is 29.9 Å². The van der Waals surface area contributed by atoms with E-state index in [-0.39, 0.29) is 0 Å². The Kier molecular flexibility index (Phi) is 22.9. The van der Waals surface area contributed by atoms with E-state index in [2.05, 4.69) is 442 Å². The zero-order valence-electron chi connectivity index (χ0n) is 79.0. The first-order valence-electron chi connectivity index (χ1n) is 47.7. The summed E-state index contributed by atoms with van der Waals surface area (Å²) in [7, 11) is -6.66. The molecule has 17 aromatic carbocycles. The lowest BCUT2D eigenvalue weighted by Gasteiger charge is -2.35. The van der Waals surface area contributed by atoms with E-state index < -0.39 is 16.1 Å². The van der Waals surface area contributed by atoms with Crippen LogP contribution in [0.3, 0.4) is 0 Å². The molecule has 0 aliphatic heterocycles. The fourth-order valence-corrected chi connectivity index (χ4v) is 29.5. The number of fused-ring (bicyclic) bond motifs is 1. The topological polar surface area (TPSA) is 182 Å². The van der Waals surface area contributed by atoms with Crippen LogP contribution in [0.1, 0.15) is 33.4 Å². The number of hydrogen-bond acceptors (Lipinski definition) is 15. The maximum Gasteiger partial charge on any atom is 0.226 e. The first kappa shape index (κ1) is 88.0. The molecular weight excluding hydrogens is 1810 g/mol. The third-order valence-corrected chi connectivity index (χ3v) is 37.7. The van der Waals surface area contributed by atoms with E-state index in [1.54, 1.807) is 0 Å². The molecule has 0 bridgehead atoms. The van der Waals surface area contributed by atoms with Gasteiger partial charge in [0.15, 0.2) is 50.7 Å². The Bertz CT molecular complexity index is 7580. The second-order valence-corrected chi connectivity index (χ2v) is 44.9. The summed E-state index contributed by atoms with van der Waals surface area (Å²) in [5, 5.41) is 9.27. The molecule has 143 heavy (non-hydrogen) atoms. The Labute approximate surface area is 833 Å². The van der Waals surface area contributed by atoms with Gasteiger partial charge in [-0.3, -0.25) is 0 Å². The Hall–Kier alpha value is -17.7. The summed E-state index contributed by atoms with van der Waals surface area (Å²) in [6.07, 6.45) is 10.8. The van der Waals surface area contributed by atoms with E-state index in [0.29, 0.717) is 69.9 Å². The van der Waals surface area contributed by atoms with Gasteiger partial charge in [-0.05, 0) is 189 Å². The summed E-state index contributed by atoms with van der Waals surface area (Å²) in [6.45, 7) is 12.5. The fourth-order valence-electron chi connectivity index (χ4n) is 19.6. The van der Waals surface area contributed by atoms with Crippen LogP contribution in [-0.2, 0) is 0 Å². The van der Waals surface area contributed by atoms with Crippen LogP contribution < -0.4 is 41.5 Å². The van der Waals surface area contributed by atoms with Gasteiger partial charge in [0.25, 0.3) is 0 Å². The van der Waals surface area contributed by atoms with Crippen molar-refractivity contribution in [2.75, 3.05) is 0 Å². The Morgan fingerprint density at radius 1 is 0.154 bits per heavy atom. The summed E-state index contributed by atoms with van der Waals surface area (Å²) in [5.41, 5.74) is 28.1. The van der Waals surface area contributed by atoms with E-state index in [9.17, 15) is 0 Å². The molecule has 17 heteroatoms. The summed E-state index contributed by atoms with van der Waals surface area (Å²) < 4.78 is 49.2. The summed E-state index contributed by atoms with van der Waals surface area (Å²) in [4.78, 5) is 29.0. The van der Waals surface area contributed by atoms with Gasteiger partial charge < -0.3 is 26.5 Å². The van der Waals surface area contributed by atoms with Gasteiger partial charge in [0.05, 0.1) is 48.9 Å². The number of nitrogens with zero attached hydrogens (tertiary/aromatic N) is 8. The van der Waals surface area contributed by atoms with E-state index in [1.807, 2.05) is 37.2 Å². The van der Waals surface area contributed by atoms with Crippen molar-refractivity contribution in [2.24, 2.45) is 0 Å². The smallest absolute Gasteiger partial charge is 0.226 e. The molecule has 0 saturated heterocycles. The molecule has 14 nitrogen and oxygen atoms in total. The molecule has 0 aliphatic carbocycles. The Morgan fingerprint density at radius 2 is 0.294 bits per heavy atom. The average molecular weight is 1900 g/mol. The van der Waals surface area contributed by atoms with Gasteiger partial charge in [-0.15, -0.1) is 0 Å². The van der Waals surface area contributed by atoms with E-state index in [0.717, 1.165) is 153 Å². The van der Waals surface area contributed by atoms with Crippen LogP contribution in [0.15, 0.2) is 464 Å². The quantitative estimate of drug-likeness (QED) is 0.0411. The van der Waals surface area contributed by atoms with E-state index >= 15 is 0 Å². The van der Waals surface area contributed by atoms with Gasteiger partial charge in [0, 0.05) is 77.9 Å². The molecule has 0 spiro atoms. The summed E-state index contributed by atoms with van der Waals surface area (Å²) in [5.74, 6) is 7.47. The van der Waals surface area contributed by atoms with Gasteiger partial charge in [-0.1, -0.05) is 361 Å². The highest BCUT2D eigenvalue weighted by Gasteiger charge is 2.44. The highest BCUT2D eigenvalue weighted by atomic mass is 32.1. The highest BCUT2D eigenvalue weighted by molar-refractivity contribution is 7.20. The minimum atomic E-state index is -3.33. The summed E-state index contributed by atoms with van der Waals surface area (Å²) in [6, 6.07) is 143. The largest absolute Gasteiger partial charge is 0.436 e. The van der Waals surface area contributed by atoms with Crippen LogP contribution in [0, 0.1) is 41.5 Å². The van der Waals surface area contributed by atoms with Crippen molar-refractivity contribution in [1.82, 2.24) is 38.7 Å². The molecule has 684 valence electrons. The van der Waals surface area contributed by atoms with Gasteiger partial charge in [0.2, 0.25) is 35.3 Å². The van der Waals surface area contributed by atoms with Crippen LogP contribution in [0.25, 0.3) is 192 Å². The van der Waals surface area contributed by atoms with Crippen molar-refractivity contribution in [2.45, 2.75) is 41.5 Å². The first-order chi connectivity index (χ1) is 70.2. The molecule has 0 aliphatic rings. The maximum absolute atomic E-state index is 6.53. The van der Waals surface area contributed by atoms with Crippen LogP contribution in [0.2, 0.25) is 0 Å². The molecule has 0 unspecified atom stereocenters. The van der Waals surface area contributed by atoms with Crippen LogP contribution in [-0.4, -0.2) is 54.8 Å². The third-order valence-electron chi connectivity index (χ3n) is 27.5. The molecule has 7 heterocycles. The van der Waals surface area contributed by atoms with Crippen LogP contribution in [0.5, 0.6) is 0 Å². The van der Waals surface area contributed by atoms with Crippen LogP contribution >= 0.6 is 11.7 Å². The Balaban J connectivity index is 0.549.